The van der Waals surface area contributed by atoms with Crippen LogP contribution in [0.2, 0.25) is 0 Å². The summed E-state index contributed by atoms with van der Waals surface area (Å²) in [7, 11) is -0.173. The predicted octanol–water partition coefficient (Wildman–Crippen LogP) is 5.46. The number of fused-ring (bicyclic) bond motifs is 1. The van der Waals surface area contributed by atoms with Crippen molar-refractivity contribution in [2.75, 3.05) is 0 Å². The van der Waals surface area contributed by atoms with Gasteiger partial charge in [0.15, 0.2) is 0 Å². The van der Waals surface area contributed by atoms with Crippen LogP contribution in [0.1, 0.15) is 85.9 Å². The monoisotopic (exact) mass is 342 g/mol. The van der Waals surface area contributed by atoms with Crippen molar-refractivity contribution in [2.24, 2.45) is 5.41 Å². The highest BCUT2D eigenvalue weighted by Gasteiger charge is 2.57. The quantitative estimate of drug-likeness (QED) is 0.665. The van der Waals surface area contributed by atoms with Crippen molar-refractivity contribution in [1.29, 1.82) is 0 Å². The molecule has 0 amide bonds. The fourth-order valence-corrected chi connectivity index (χ4v) is 4.48. The molecule has 0 atom stereocenters. The molecule has 0 N–H and O–H groups in total. The summed E-state index contributed by atoms with van der Waals surface area (Å²) >= 11 is 0. The highest BCUT2D eigenvalue weighted by Crippen LogP contribution is 2.61. The number of rotatable bonds is 2. The second-order valence-corrected chi connectivity index (χ2v) is 10.6. The first kappa shape index (κ1) is 19.0. The van der Waals surface area contributed by atoms with Gasteiger partial charge in [-0.1, -0.05) is 59.7 Å². The van der Waals surface area contributed by atoms with Gasteiger partial charge in [-0.05, 0) is 60.6 Å². The molecule has 3 heteroatoms. The number of hydrogen-bond donors (Lipinski definition) is 0. The summed E-state index contributed by atoms with van der Waals surface area (Å²) in [6.45, 7) is 22.8. The Bertz CT molecular complexity index is 682. The van der Waals surface area contributed by atoms with E-state index >= 15 is 0 Å². The average molecular weight is 342 g/mol. The normalized spacial score (nSPS) is 27.4. The van der Waals surface area contributed by atoms with E-state index in [4.69, 9.17) is 9.31 Å². The first-order valence-electron chi connectivity index (χ1n) is 9.63. The summed E-state index contributed by atoms with van der Waals surface area (Å²) in [5.74, 6) is 0. The molecular weight excluding hydrogens is 307 g/mol. The molecular formula is C22H35BO2. The third-order valence-electron chi connectivity index (χ3n) is 8.26. The van der Waals surface area contributed by atoms with Crippen molar-refractivity contribution in [3.05, 3.63) is 34.9 Å². The van der Waals surface area contributed by atoms with E-state index in [0.717, 1.165) is 6.32 Å². The molecule has 0 radical (unpaired) electrons. The van der Waals surface area contributed by atoms with E-state index in [0.29, 0.717) is 0 Å². The molecule has 1 aromatic rings. The first-order chi connectivity index (χ1) is 11.1. The van der Waals surface area contributed by atoms with Crippen molar-refractivity contribution in [3.63, 3.8) is 0 Å². The van der Waals surface area contributed by atoms with E-state index in [1.807, 2.05) is 0 Å². The largest absolute Gasteiger partial charge is 0.462 e. The van der Waals surface area contributed by atoms with E-state index in [2.05, 4.69) is 87.4 Å². The Kier molecular flexibility index (Phi) is 3.90. The Hall–Kier alpha value is -0.795. The fraction of sp³-hybridized carbons (Fsp3) is 0.727. The minimum absolute atomic E-state index is 0.137. The van der Waals surface area contributed by atoms with Crippen LogP contribution in [0.5, 0.6) is 0 Å². The van der Waals surface area contributed by atoms with Gasteiger partial charge in [0.05, 0.1) is 11.2 Å². The molecule has 25 heavy (non-hydrogen) atoms. The van der Waals surface area contributed by atoms with Crippen LogP contribution in [0, 0.1) is 5.41 Å². The second-order valence-electron chi connectivity index (χ2n) is 10.6. The molecule has 3 rings (SSSR count). The molecule has 2 aliphatic rings. The predicted molar refractivity (Wildman–Crippen MR) is 106 cm³/mol. The van der Waals surface area contributed by atoms with Gasteiger partial charge in [0.25, 0.3) is 0 Å². The summed E-state index contributed by atoms with van der Waals surface area (Å²) in [6.07, 6.45) is 0.803. The Morgan fingerprint density at radius 3 is 1.72 bits per heavy atom. The van der Waals surface area contributed by atoms with Crippen LogP contribution in [0.3, 0.4) is 0 Å². The van der Waals surface area contributed by atoms with Crippen molar-refractivity contribution >= 4 is 7.12 Å². The maximum atomic E-state index is 6.20. The highest BCUT2D eigenvalue weighted by molar-refractivity contribution is 6.45. The maximum Gasteiger partial charge on any atom is 0.462 e. The maximum absolute atomic E-state index is 6.20. The summed E-state index contributed by atoms with van der Waals surface area (Å²) in [6, 6.07) is 7.01. The molecule has 1 fully saturated rings. The van der Waals surface area contributed by atoms with Crippen LogP contribution in [-0.2, 0) is 26.5 Å². The van der Waals surface area contributed by atoms with Crippen molar-refractivity contribution in [2.45, 2.75) is 97.6 Å². The first-order valence-corrected chi connectivity index (χ1v) is 9.63. The fourth-order valence-electron chi connectivity index (χ4n) is 4.48. The lowest BCUT2D eigenvalue weighted by atomic mass is 9.59. The van der Waals surface area contributed by atoms with Gasteiger partial charge < -0.3 is 9.31 Å². The summed E-state index contributed by atoms with van der Waals surface area (Å²) in [5.41, 5.74) is 4.24. The van der Waals surface area contributed by atoms with E-state index in [1.165, 1.54) is 16.7 Å². The zero-order valence-electron chi connectivity index (χ0n) is 17.8. The van der Waals surface area contributed by atoms with Gasteiger partial charge >= 0.3 is 7.12 Å². The van der Waals surface area contributed by atoms with Crippen molar-refractivity contribution in [1.82, 2.24) is 0 Å². The minimum Gasteiger partial charge on any atom is -0.403 e. The number of hydrogen-bond acceptors (Lipinski definition) is 2. The minimum atomic E-state index is -0.266. The van der Waals surface area contributed by atoms with E-state index in [9.17, 15) is 0 Å². The second kappa shape index (κ2) is 5.13. The van der Waals surface area contributed by atoms with Gasteiger partial charge in [0.1, 0.15) is 0 Å². The lowest BCUT2D eigenvalue weighted by Gasteiger charge is -2.44. The van der Waals surface area contributed by atoms with E-state index in [-0.39, 0.29) is 34.6 Å². The molecule has 1 saturated heterocycles. The van der Waals surface area contributed by atoms with Gasteiger partial charge in [-0.25, -0.2) is 0 Å². The lowest BCUT2D eigenvalue weighted by molar-refractivity contribution is 0.00578. The Morgan fingerprint density at radius 1 is 0.720 bits per heavy atom. The molecule has 1 aliphatic heterocycles. The molecule has 0 aromatic heterocycles. The van der Waals surface area contributed by atoms with Gasteiger partial charge in [-0.2, -0.15) is 0 Å². The van der Waals surface area contributed by atoms with Crippen LogP contribution in [0.25, 0.3) is 0 Å². The molecule has 2 nitrogen and oxygen atoms in total. The van der Waals surface area contributed by atoms with Crippen LogP contribution in [-0.4, -0.2) is 18.3 Å². The van der Waals surface area contributed by atoms with Crippen LogP contribution < -0.4 is 0 Å². The molecule has 0 saturated carbocycles. The van der Waals surface area contributed by atoms with Gasteiger partial charge in [-0.15, -0.1) is 0 Å². The molecule has 1 heterocycles. The summed E-state index contributed by atoms with van der Waals surface area (Å²) in [4.78, 5) is 0. The molecule has 1 aliphatic carbocycles. The standard InChI is InChI=1S/C22H35BO2/c1-18(2)16-12-11-15(13-17(16)19(3,4)20(18,5)6)14-23-24-21(7,8)22(9,10)25-23/h11-13H,14H2,1-10H3. The van der Waals surface area contributed by atoms with Gasteiger partial charge in [-0.3, -0.25) is 0 Å². The van der Waals surface area contributed by atoms with Crippen LogP contribution in [0.4, 0.5) is 0 Å². The molecule has 0 unspecified atom stereocenters. The SMILES string of the molecule is CC1(C)OB(Cc2ccc3c(c2)C(C)(C)C(C)(C)C3(C)C)OC1(C)C. The van der Waals surface area contributed by atoms with E-state index < -0.39 is 0 Å². The number of benzene rings is 1. The van der Waals surface area contributed by atoms with Gasteiger partial charge in [0.2, 0.25) is 0 Å². The molecule has 0 spiro atoms. The molecule has 0 bridgehead atoms. The Labute approximate surface area is 154 Å². The zero-order chi connectivity index (χ0) is 19.1. The summed E-state index contributed by atoms with van der Waals surface area (Å²) in [5, 5.41) is 0. The third kappa shape index (κ3) is 2.45. The van der Waals surface area contributed by atoms with E-state index in [1.54, 1.807) is 0 Å². The highest BCUT2D eigenvalue weighted by atomic mass is 16.7. The zero-order valence-corrected chi connectivity index (χ0v) is 17.8. The van der Waals surface area contributed by atoms with Gasteiger partial charge in [0, 0.05) is 6.32 Å². The van der Waals surface area contributed by atoms with Crippen molar-refractivity contribution in [3.8, 4) is 0 Å². The molecule has 138 valence electrons. The average Bonchev–Trinajstić information content (AvgIpc) is 2.70. The summed E-state index contributed by atoms with van der Waals surface area (Å²) < 4.78 is 12.4. The lowest BCUT2D eigenvalue weighted by Crippen LogP contribution is -2.42. The van der Waals surface area contributed by atoms with Crippen LogP contribution in [0.15, 0.2) is 18.2 Å². The van der Waals surface area contributed by atoms with Crippen molar-refractivity contribution < 1.29 is 9.31 Å². The topological polar surface area (TPSA) is 18.5 Å². The smallest absolute Gasteiger partial charge is 0.403 e. The molecule has 1 aromatic carbocycles. The third-order valence-corrected chi connectivity index (χ3v) is 8.26. The van der Waals surface area contributed by atoms with Crippen LogP contribution >= 0.6 is 0 Å². The Balaban J connectivity index is 1.92. The Morgan fingerprint density at radius 2 is 1.20 bits per heavy atom.